The van der Waals surface area contributed by atoms with Gasteiger partial charge in [-0.05, 0) is 17.7 Å². The molecule has 88 valence electrons. The second-order valence-electron chi connectivity index (χ2n) is 4.33. The molecule has 0 saturated carbocycles. The number of carbonyl (C=O) groups excluding carboxylic acids is 1. The maximum absolute atomic E-state index is 11.0. The van der Waals surface area contributed by atoms with Crippen molar-refractivity contribution in [2.75, 3.05) is 13.2 Å². The number of aliphatic hydroxyl groups excluding tert-OH is 1. The molecule has 0 atom stereocenters. The Hall–Kier alpha value is -0.870. The highest BCUT2D eigenvalue weighted by Crippen LogP contribution is 2.24. The molecule has 1 aromatic rings. The number of amides is 1. The lowest BCUT2D eigenvalue weighted by molar-refractivity contribution is -0.124. The smallest absolute Gasteiger partial charge is 0.245 e. The van der Waals surface area contributed by atoms with Crippen molar-refractivity contribution < 1.29 is 9.90 Å². The van der Waals surface area contributed by atoms with E-state index in [2.05, 4.69) is 21.2 Å². The van der Waals surface area contributed by atoms with Gasteiger partial charge in [0.2, 0.25) is 5.91 Å². The largest absolute Gasteiger partial charge is 0.387 e. The first-order valence-electron chi connectivity index (χ1n) is 5.09. The van der Waals surface area contributed by atoms with Gasteiger partial charge in [0.25, 0.3) is 0 Å². The third-order valence-electron chi connectivity index (χ3n) is 2.48. The number of halogens is 1. The summed E-state index contributed by atoms with van der Waals surface area (Å²) >= 11 is 3.42. The topological polar surface area (TPSA) is 49.3 Å². The van der Waals surface area contributed by atoms with Crippen LogP contribution in [-0.4, -0.2) is 24.2 Å². The maximum atomic E-state index is 11.0. The highest BCUT2D eigenvalue weighted by molar-refractivity contribution is 9.10. The normalized spacial score (nSPS) is 11.2. The van der Waals surface area contributed by atoms with Crippen LogP contribution in [0, 0.1) is 0 Å². The van der Waals surface area contributed by atoms with Gasteiger partial charge in [0.15, 0.2) is 0 Å². The number of hydrogen-bond acceptors (Lipinski definition) is 2. The number of hydrogen-bond donors (Lipinski definition) is 2. The van der Waals surface area contributed by atoms with Gasteiger partial charge < -0.3 is 10.4 Å². The first-order chi connectivity index (χ1) is 7.45. The lowest BCUT2D eigenvalue weighted by Crippen LogP contribution is -2.37. The van der Waals surface area contributed by atoms with Gasteiger partial charge in [-0.3, -0.25) is 4.79 Å². The summed E-state index contributed by atoms with van der Waals surface area (Å²) in [5.41, 5.74) is 0.981. The molecule has 16 heavy (non-hydrogen) atoms. The van der Waals surface area contributed by atoms with E-state index in [4.69, 9.17) is 5.11 Å². The Morgan fingerprint density at radius 2 is 2.19 bits per heavy atom. The summed E-state index contributed by atoms with van der Waals surface area (Å²) in [5.74, 6) is -0.344. The first kappa shape index (κ1) is 13.2. The van der Waals surface area contributed by atoms with E-state index in [1.54, 1.807) is 0 Å². The van der Waals surface area contributed by atoms with Gasteiger partial charge >= 0.3 is 0 Å². The highest BCUT2D eigenvalue weighted by Gasteiger charge is 2.21. The third kappa shape index (κ3) is 3.61. The van der Waals surface area contributed by atoms with Crippen LogP contribution >= 0.6 is 15.9 Å². The lowest BCUT2D eigenvalue weighted by atomic mass is 9.84. The zero-order chi connectivity index (χ0) is 12.2. The molecule has 1 aromatic carbocycles. The molecule has 0 spiro atoms. The van der Waals surface area contributed by atoms with Crippen LogP contribution in [0.5, 0.6) is 0 Å². The molecule has 3 nitrogen and oxygen atoms in total. The van der Waals surface area contributed by atoms with Crippen molar-refractivity contribution in [2.45, 2.75) is 19.3 Å². The van der Waals surface area contributed by atoms with Crippen molar-refractivity contribution in [2.24, 2.45) is 0 Å². The van der Waals surface area contributed by atoms with E-state index in [1.807, 2.05) is 38.1 Å². The van der Waals surface area contributed by atoms with Gasteiger partial charge in [-0.2, -0.15) is 0 Å². The predicted molar refractivity (Wildman–Crippen MR) is 67.3 cm³/mol. The second-order valence-corrected chi connectivity index (χ2v) is 5.24. The molecular formula is C12H16BrNO2. The fraction of sp³-hybridized carbons (Fsp3) is 0.417. The summed E-state index contributed by atoms with van der Waals surface area (Å²) in [4.78, 5) is 11.0. The van der Waals surface area contributed by atoms with Gasteiger partial charge in [0.1, 0.15) is 6.61 Å². The summed E-state index contributed by atoms with van der Waals surface area (Å²) in [6, 6.07) is 7.99. The first-order valence-corrected chi connectivity index (χ1v) is 5.88. The molecule has 0 bridgehead atoms. The Balaban J connectivity index is 2.73. The van der Waals surface area contributed by atoms with Crippen LogP contribution in [0.4, 0.5) is 0 Å². The van der Waals surface area contributed by atoms with Crippen molar-refractivity contribution in [1.29, 1.82) is 0 Å². The van der Waals surface area contributed by atoms with Crippen LogP contribution in [0.2, 0.25) is 0 Å². The Labute approximate surface area is 104 Å². The predicted octanol–water partition coefficient (Wildman–Crippen LogP) is 1.84. The van der Waals surface area contributed by atoms with Crippen molar-refractivity contribution in [3.8, 4) is 0 Å². The van der Waals surface area contributed by atoms with Crippen molar-refractivity contribution >= 4 is 21.8 Å². The lowest BCUT2D eigenvalue weighted by Gasteiger charge is -2.25. The molecule has 0 aromatic heterocycles. The molecule has 1 rings (SSSR count). The van der Waals surface area contributed by atoms with E-state index in [1.165, 1.54) is 0 Å². The zero-order valence-corrected chi connectivity index (χ0v) is 11.0. The Bertz CT molecular complexity index is 377. The van der Waals surface area contributed by atoms with E-state index in [0.717, 1.165) is 10.0 Å². The second kappa shape index (κ2) is 5.46. The van der Waals surface area contributed by atoms with Crippen LogP contribution in [0.25, 0.3) is 0 Å². The quantitative estimate of drug-likeness (QED) is 0.887. The molecule has 0 fully saturated rings. The minimum atomic E-state index is -0.464. The van der Waals surface area contributed by atoms with Gasteiger partial charge in [0, 0.05) is 16.4 Å². The number of carbonyl (C=O) groups is 1. The molecule has 4 heteroatoms. The number of nitrogens with one attached hydrogen (secondary N) is 1. The summed E-state index contributed by atoms with van der Waals surface area (Å²) in [6.07, 6.45) is 0. The fourth-order valence-corrected chi connectivity index (χ4v) is 1.79. The molecule has 0 aliphatic rings. The SMILES string of the molecule is CC(C)(CNC(=O)CO)c1cccc(Br)c1. The van der Waals surface area contributed by atoms with E-state index >= 15 is 0 Å². The highest BCUT2D eigenvalue weighted by atomic mass is 79.9. The van der Waals surface area contributed by atoms with Crippen LogP contribution in [0.15, 0.2) is 28.7 Å². The van der Waals surface area contributed by atoms with Gasteiger partial charge in [-0.1, -0.05) is 41.9 Å². The molecule has 0 unspecified atom stereocenters. The molecule has 1 amide bonds. The number of aliphatic hydroxyl groups is 1. The molecule has 2 N–H and O–H groups in total. The van der Waals surface area contributed by atoms with Crippen LogP contribution in [-0.2, 0) is 10.2 Å². The molecule has 0 radical (unpaired) electrons. The Kier molecular flexibility index (Phi) is 4.50. The van der Waals surface area contributed by atoms with E-state index in [-0.39, 0.29) is 11.3 Å². The van der Waals surface area contributed by atoms with Gasteiger partial charge in [-0.15, -0.1) is 0 Å². The van der Waals surface area contributed by atoms with Crippen molar-refractivity contribution in [3.63, 3.8) is 0 Å². The van der Waals surface area contributed by atoms with Crippen LogP contribution < -0.4 is 5.32 Å². The van der Waals surface area contributed by atoms with E-state index < -0.39 is 6.61 Å². The summed E-state index contributed by atoms with van der Waals surface area (Å²) in [7, 11) is 0. The van der Waals surface area contributed by atoms with Crippen molar-refractivity contribution in [1.82, 2.24) is 5.32 Å². The molecule has 0 saturated heterocycles. The Morgan fingerprint density at radius 1 is 1.50 bits per heavy atom. The monoisotopic (exact) mass is 285 g/mol. The summed E-state index contributed by atoms with van der Waals surface area (Å²) in [5, 5.41) is 11.3. The molecule has 0 aliphatic heterocycles. The average Bonchev–Trinajstić information content (AvgIpc) is 2.26. The van der Waals surface area contributed by atoms with Gasteiger partial charge in [0.05, 0.1) is 0 Å². The van der Waals surface area contributed by atoms with Crippen LogP contribution in [0.3, 0.4) is 0 Å². The average molecular weight is 286 g/mol. The summed E-state index contributed by atoms with van der Waals surface area (Å²) < 4.78 is 1.02. The van der Waals surface area contributed by atoms with Crippen LogP contribution in [0.1, 0.15) is 19.4 Å². The fourth-order valence-electron chi connectivity index (χ4n) is 1.39. The van der Waals surface area contributed by atoms with E-state index in [9.17, 15) is 4.79 Å². The van der Waals surface area contributed by atoms with Gasteiger partial charge in [-0.25, -0.2) is 0 Å². The molecular weight excluding hydrogens is 270 g/mol. The maximum Gasteiger partial charge on any atom is 0.245 e. The molecule has 0 aliphatic carbocycles. The molecule has 0 heterocycles. The summed E-state index contributed by atoms with van der Waals surface area (Å²) in [6.45, 7) is 4.14. The third-order valence-corrected chi connectivity index (χ3v) is 2.97. The standard InChI is InChI=1S/C12H16BrNO2/c1-12(2,8-14-11(16)7-15)9-4-3-5-10(13)6-9/h3-6,15H,7-8H2,1-2H3,(H,14,16). The Morgan fingerprint density at radius 3 is 2.75 bits per heavy atom. The minimum absolute atomic E-state index is 0.158. The number of rotatable bonds is 4. The number of benzene rings is 1. The van der Waals surface area contributed by atoms with Crippen molar-refractivity contribution in [3.05, 3.63) is 34.3 Å². The zero-order valence-electron chi connectivity index (χ0n) is 9.46. The minimum Gasteiger partial charge on any atom is -0.387 e. The van der Waals surface area contributed by atoms with E-state index in [0.29, 0.717) is 6.54 Å².